The maximum atomic E-state index is 13.1. The number of para-hydroxylation sites is 1. The van der Waals surface area contributed by atoms with Crippen molar-refractivity contribution in [2.24, 2.45) is 0 Å². The zero-order chi connectivity index (χ0) is 15.1. The first-order chi connectivity index (χ1) is 10.2. The molecule has 0 unspecified atom stereocenters. The molecule has 0 aliphatic heterocycles. The summed E-state index contributed by atoms with van der Waals surface area (Å²) in [5, 5.41) is 0. The van der Waals surface area contributed by atoms with Crippen molar-refractivity contribution in [2.45, 2.75) is 13.3 Å². The summed E-state index contributed by atoms with van der Waals surface area (Å²) in [7, 11) is 0. The molecular formula is C17H17FO3. The maximum absolute atomic E-state index is 13.1. The van der Waals surface area contributed by atoms with Crippen molar-refractivity contribution in [3.63, 3.8) is 0 Å². The molecule has 0 aromatic heterocycles. The van der Waals surface area contributed by atoms with Crippen molar-refractivity contribution < 1.29 is 18.7 Å². The first-order valence-electron chi connectivity index (χ1n) is 6.78. The molecule has 0 radical (unpaired) electrons. The predicted octanol–water partition coefficient (Wildman–Crippen LogP) is 3.88. The Balaban J connectivity index is 1.80. The van der Waals surface area contributed by atoms with Crippen LogP contribution in [0.25, 0.3) is 0 Å². The fraction of sp³-hybridized carbons (Fsp3) is 0.235. The van der Waals surface area contributed by atoms with E-state index in [2.05, 4.69) is 0 Å². The fourth-order valence-electron chi connectivity index (χ4n) is 1.85. The number of Topliss-reactive ketones (excluding diaryl/α,β-unsaturated/α-hetero) is 1. The Kier molecular flexibility index (Phi) is 5.32. The molecule has 0 atom stereocenters. The minimum absolute atomic E-state index is 0.218. The summed E-state index contributed by atoms with van der Waals surface area (Å²) in [5.41, 5.74) is 0.263. The van der Waals surface area contributed by atoms with Gasteiger partial charge in [-0.3, -0.25) is 4.79 Å². The number of ether oxygens (including phenoxy) is 2. The van der Waals surface area contributed by atoms with Crippen LogP contribution >= 0.6 is 0 Å². The second kappa shape index (κ2) is 7.43. The van der Waals surface area contributed by atoms with E-state index >= 15 is 0 Å². The smallest absolute Gasteiger partial charge is 0.163 e. The van der Waals surface area contributed by atoms with Gasteiger partial charge in [-0.05, 0) is 37.3 Å². The molecule has 0 bridgehead atoms. The summed E-state index contributed by atoms with van der Waals surface area (Å²) in [4.78, 5) is 11.4. The molecule has 21 heavy (non-hydrogen) atoms. The Labute approximate surface area is 123 Å². The lowest BCUT2D eigenvalue weighted by atomic mass is 10.1. The molecule has 0 aliphatic rings. The van der Waals surface area contributed by atoms with Crippen LogP contribution in [0.3, 0.4) is 0 Å². The van der Waals surface area contributed by atoms with E-state index in [-0.39, 0.29) is 11.3 Å². The normalized spacial score (nSPS) is 10.2. The molecule has 0 heterocycles. The van der Waals surface area contributed by atoms with Gasteiger partial charge in [0, 0.05) is 6.42 Å². The number of benzene rings is 2. The number of rotatable bonds is 7. The summed E-state index contributed by atoms with van der Waals surface area (Å²) in [5.74, 6) is 0.553. The van der Waals surface area contributed by atoms with Crippen molar-refractivity contribution >= 4 is 5.78 Å². The highest BCUT2D eigenvalue weighted by Crippen LogP contribution is 2.20. The first-order valence-corrected chi connectivity index (χ1v) is 6.78. The molecule has 0 fully saturated rings. The van der Waals surface area contributed by atoms with Gasteiger partial charge in [0.2, 0.25) is 0 Å². The van der Waals surface area contributed by atoms with E-state index in [4.69, 9.17) is 9.47 Å². The molecule has 0 spiro atoms. The van der Waals surface area contributed by atoms with E-state index in [9.17, 15) is 9.18 Å². The molecule has 2 aromatic rings. The van der Waals surface area contributed by atoms with Crippen LogP contribution in [0.2, 0.25) is 0 Å². The summed E-state index contributed by atoms with van der Waals surface area (Å²) >= 11 is 0. The Morgan fingerprint density at radius 1 is 1.05 bits per heavy atom. The van der Waals surface area contributed by atoms with E-state index in [0.29, 0.717) is 25.4 Å². The molecule has 0 saturated heterocycles. The van der Waals surface area contributed by atoms with E-state index in [0.717, 1.165) is 5.75 Å². The topological polar surface area (TPSA) is 35.5 Å². The number of carbonyl (C=O) groups excluding carboxylic acids is 1. The molecule has 0 amide bonds. The summed E-state index contributed by atoms with van der Waals surface area (Å²) in [6.45, 7) is 2.31. The van der Waals surface area contributed by atoms with Gasteiger partial charge in [0.05, 0.1) is 18.8 Å². The molecule has 2 rings (SSSR count). The maximum Gasteiger partial charge on any atom is 0.163 e. The van der Waals surface area contributed by atoms with Crippen LogP contribution in [0.4, 0.5) is 4.39 Å². The fourth-order valence-corrected chi connectivity index (χ4v) is 1.85. The number of halogens is 1. The SMILES string of the molecule is CC(=O)c1cc(F)ccc1OCCCOc1ccccc1. The zero-order valence-electron chi connectivity index (χ0n) is 11.8. The average molecular weight is 288 g/mol. The van der Waals surface area contributed by atoms with Gasteiger partial charge >= 0.3 is 0 Å². The van der Waals surface area contributed by atoms with Gasteiger partial charge in [0.1, 0.15) is 17.3 Å². The average Bonchev–Trinajstić information content (AvgIpc) is 2.49. The van der Waals surface area contributed by atoms with Gasteiger partial charge < -0.3 is 9.47 Å². The third-order valence-corrected chi connectivity index (χ3v) is 2.88. The molecule has 4 heteroatoms. The molecule has 0 N–H and O–H groups in total. The van der Waals surface area contributed by atoms with Crippen molar-refractivity contribution in [3.8, 4) is 11.5 Å². The second-order valence-corrected chi connectivity index (χ2v) is 4.56. The van der Waals surface area contributed by atoms with Crippen LogP contribution in [0.1, 0.15) is 23.7 Å². The number of ketones is 1. The molecule has 110 valence electrons. The monoisotopic (exact) mass is 288 g/mol. The van der Waals surface area contributed by atoms with E-state index < -0.39 is 5.82 Å². The summed E-state index contributed by atoms with van der Waals surface area (Å²) < 4.78 is 24.2. The minimum Gasteiger partial charge on any atom is -0.493 e. The van der Waals surface area contributed by atoms with Crippen LogP contribution in [-0.2, 0) is 0 Å². The Morgan fingerprint density at radius 3 is 2.48 bits per heavy atom. The molecule has 0 saturated carbocycles. The van der Waals surface area contributed by atoms with Crippen LogP contribution in [-0.4, -0.2) is 19.0 Å². The predicted molar refractivity (Wildman–Crippen MR) is 78.5 cm³/mol. The Hall–Kier alpha value is -2.36. The molecule has 3 nitrogen and oxygen atoms in total. The molecule has 0 aliphatic carbocycles. The van der Waals surface area contributed by atoms with Crippen LogP contribution in [0, 0.1) is 5.82 Å². The van der Waals surface area contributed by atoms with E-state index in [1.807, 2.05) is 30.3 Å². The van der Waals surface area contributed by atoms with Crippen molar-refractivity contribution in [1.82, 2.24) is 0 Å². The lowest BCUT2D eigenvalue weighted by Crippen LogP contribution is -2.07. The number of hydrogen-bond acceptors (Lipinski definition) is 3. The van der Waals surface area contributed by atoms with Crippen molar-refractivity contribution in [3.05, 3.63) is 59.9 Å². The van der Waals surface area contributed by atoms with E-state index in [1.54, 1.807) is 0 Å². The second-order valence-electron chi connectivity index (χ2n) is 4.56. The highest BCUT2D eigenvalue weighted by atomic mass is 19.1. The van der Waals surface area contributed by atoms with Gasteiger partial charge in [0.15, 0.2) is 5.78 Å². The lowest BCUT2D eigenvalue weighted by Gasteiger charge is -2.10. The Bertz CT molecular complexity index is 596. The quantitative estimate of drug-likeness (QED) is 0.573. The standard InChI is InChI=1S/C17H17FO3/c1-13(19)16-12-14(18)8-9-17(16)21-11-5-10-20-15-6-3-2-4-7-15/h2-4,6-9,12H,5,10-11H2,1H3. The van der Waals surface area contributed by atoms with Crippen molar-refractivity contribution in [1.29, 1.82) is 0 Å². The van der Waals surface area contributed by atoms with Crippen LogP contribution in [0.5, 0.6) is 11.5 Å². The van der Waals surface area contributed by atoms with Gasteiger partial charge in [-0.25, -0.2) is 4.39 Å². The van der Waals surface area contributed by atoms with Crippen LogP contribution < -0.4 is 9.47 Å². The van der Waals surface area contributed by atoms with Gasteiger partial charge in [0.25, 0.3) is 0 Å². The third-order valence-electron chi connectivity index (χ3n) is 2.88. The number of carbonyl (C=O) groups is 1. The molecule has 2 aromatic carbocycles. The summed E-state index contributed by atoms with van der Waals surface area (Å²) in [6.07, 6.45) is 0.670. The van der Waals surface area contributed by atoms with Crippen LogP contribution in [0.15, 0.2) is 48.5 Å². The lowest BCUT2D eigenvalue weighted by molar-refractivity contribution is 0.101. The van der Waals surface area contributed by atoms with E-state index in [1.165, 1.54) is 25.1 Å². The highest BCUT2D eigenvalue weighted by molar-refractivity contribution is 5.96. The Morgan fingerprint density at radius 2 is 1.76 bits per heavy atom. The highest BCUT2D eigenvalue weighted by Gasteiger charge is 2.09. The number of hydrogen-bond donors (Lipinski definition) is 0. The zero-order valence-corrected chi connectivity index (χ0v) is 11.8. The minimum atomic E-state index is -0.444. The first kappa shape index (κ1) is 15.0. The van der Waals surface area contributed by atoms with Crippen molar-refractivity contribution in [2.75, 3.05) is 13.2 Å². The van der Waals surface area contributed by atoms with Gasteiger partial charge in [-0.15, -0.1) is 0 Å². The molecular weight excluding hydrogens is 271 g/mol. The summed E-state index contributed by atoms with van der Waals surface area (Å²) in [6, 6.07) is 13.5. The van der Waals surface area contributed by atoms with Gasteiger partial charge in [-0.2, -0.15) is 0 Å². The largest absolute Gasteiger partial charge is 0.493 e. The third kappa shape index (κ3) is 4.60. The van der Waals surface area contributed by atoms with Gasteiger partial charge in [-0.1, -0.05) is 18.2 Å².